The van der Waals surface area contributed by atoms with Crippen molar-refractivity contribution in [2.75, 3.05) is 0 Å². The van der Waals surface area contributed by atoms with Gasteiger partial charge < -0.3 is 4.42 Å². The minimum atomic E-state index is -0.280. The van der Waals surface area contributed by atoms with Crippen LogP contribution in [0, 0.1) is 16.7 Å². The van der Waals surface area contributed by atoms with E-state index in [0.29, 0.717) is 11.7 Å². The summed E-state index contributed by atoms with van der Waals surface area (Å²) >= 11 is 0. The molecule has 2 fully saturated rings. The van der Waals surface area contributed by atoms with Gasteiger partial charge in [0, 0.05) is 16.5 Å². The van der Waals surface area contributed by atoms with Crippen LogP contribution in [0.25, 0.3) is 11.0 Å². The molecule has 1 N–H and O–H groups in total. The number of hydrazone groups is 1. The third kappa shape index (κ3) is 1.97. The summed E-state index contributed by atoms with van der Waals surface area (Å²) in [5.74, 6) is 0.704. The van der Waals surface area contributed by atoms with Crippen LogP contribution in [0.5, 0.6) is 0 Å². The molecule has 1 amide bonds. The van der Waals surface area contributed by atoms with Crippen LogP contribution in [0.3, 0.4) is 0 Å². The molecule has 0 unspecified atom stereocenters. The van der Waals surface area contributed by atoms with Crippen LogP contribution in [0.1, 0.15) is 50.6 Å². The number of carbonyl (C=O) groups excluding carboxylic acids is 1. The first-order chi connectivity index (χ1) is 10.9. The number of furan rings is 1. The van der Waals surface area contributed by atoms with Gasteiger partial charge in [0.2, 0.25) is 0 Å². The molecule has 1 aromatic heterocycles. The number of carbonyl (C=O) groups is 1. The molecule has 0 aliphatic heterocycles. The minimum Gasteiger partial charge on any atom is -0.451 e. The van der Waals surface area contributed by atoms with E-state index >= 15 is 0 Å². The Hall–Kier alpha value is -2.10. The highest BCUT2D eigenvalue weighted by Gasteiger charge is 2.60. The number of benzene rings is 1. The van der Waals surface area contributed by atoms with Gasteiger partial charge in [0.15, 0.2) is 5.76 Å². The molecule has 0 saturated heterocycles. The smallest absolute Gasteiger partial charge is 0.307 e. The monoisotopic (exact) mass is 310 g/mol. The Morgan fingerprint density at radius 2 is 2.09 bits per heavy atom. The maximum absolute atomic E-state index is 12.3. The standard InChI is InChI=1S/C19H22N2O2/c1-18(2)13-8-9-19(18,3)16(11-13)20-21-17(22)15-10-12-6-4-5-7-14(12)23-15/h4-7,10,13H,8-9,11H2,1-3H3,(H,21,22)/b20-16+/t13-,19+/m0/s1. The summed E-state index contributed by atoms with van der Waals surface area (Å²) < 4.78 is 5.59. The Labute approximate surface area is 135 Å². The summed E-state index contributed by atoms with van der Waals surface area (Å²) in [5.41, 5.74) is 4.91. The molecule has 2 bridgehead atoms. The van der Waals surface area contributed by atoms with E-state index in [-0.39, 0.29) is 16.7 Å². The summed E-state index contributed by atoms with van der Waals surface area (Å²) in [5, 5.41) is 5.41. The molecule has 4 nitrogen and oxygen atoms in total. The van der Waals surface area contributed by atoms with Crippen LogP contribution < -0.4 is 5.43 Å². The van der Waals surface area contributed by atoms with Crippen LogP contribution in [0.4, 0.5) is 0 Å². The van der Waals surface area contributed by atoms with Gasteiger partial charge >= 0.3 is 5.91 Å². The lowest BCUT2D eigenvalue weighted by Gasteiger charge is -2.34. The molecule has 23 heavy (non-hydrogen) atoms. The Balaban J connectivity index is 1.56. The average Bonchev–Trinajstić information content (AvgIpc) is 3.11. The van der Waals surface area contributed by atoms with Gasteiger partial charge in [0.25, 0.3) is 0 Å². The van der Waals surface area contributed by atoms with E-state index in [2.05, 4.69) is 31.3 Å². The molecular formula is C19H22N2O2. The highest BCUT2D eigenvalue weighted by atomic mass is 16.3. The lowest BCUT2D eigenvalue weighted by atomic mass is 9.70. The lowest BCUT2D eigenvalue weighted by molar-refractivity contribution is 0.0928. The lowest BCUT2D eigenvalue weighted by Crippen LogP contribution is -2.34. The Morgan fingerprint density at radius 3 is 2.74 bits per heavy atom. The van der Waals surface area contributed by atoms with Gasteiger partial charge in [0.05, 0.1) is 0 Å². The summed E-state index contributed by atoms with van der Waals surface area (Å²) in [4.78, 5) is 12.3. The fraction of sp³-hybridized carbons (Fsp3) is 0.474. The third-order valence-electron chi connectivity index (χ3n) is 6.45. The molecule has 120 valence electrons. The van der Waals surface area contributed by atoms with Crippen molar-refractivity contribution in [2.24, 2.45) is 21.8 Å². The van der Waals surface area contributed by atoms with Crippen LogP contribution >= 0.6 is 0 Å². The van der Waals surface area contributed by atoms with Crippen molar-refractivity contribution in [1.82, 2.24) is 5.43 Å². The minimum absolute atomic E-state index is 0.0961. The van der Waals surface area contributed by atoms with Crippen molar-refractivity contribution < 1.29 is 9.21 Å². The van der Waals surface area contributed by atoms with Crippen LogP contribution in [-0.2, 0) is 0 Å². The fourth-order valence-electron chi connectivity index (χ4n) is 4.36. The number of nitrogens with one attached hydrogen (secondary N) is 1. The van der Waals surface area contributed by atoms with Crippen molar-refractivity contribution >= 4 is 22.6 Å². The van der Waals surface area contributed by atoms with Crippen LogP contribution in [-0.4, -0.2) is 11.6 Å². The maximum Gasteiger partial charge on any atom is 0.307 e. The fourth-order valence-corrected chi connectivity index (χ4v) is 4.36. The summed E-state index contributed by atoms with van der Waals surface area (Å²) in [6.45, 7) is 6.94. The molecule has 0 radical (unpaired) electrons. The summed E-state index contributed by atoms with van der Waals surface area (Å²) in [6.07, 6.45) is 3.41. The largest absolute Gasteiger partial charge is 0.451 e. The zero-order chi connectivity index (χ0) is 16.2. The predicted octanol–water partition coefficient (Wildman–Crippen LogP) is 4.36. The number of hydrogen-bond donors (Lipinski definition) is 1. The third-order valence-corrected chi connectivity index (χ3v) is 6.45. The van der Waals surface area contributed by atoms with Gasteiger partial charge in [-0.15, -0.1) is 0 Å². The van der Waals surface area contributed by atoms with Crippen LogP contribution in [0.2, 0.25) is 0 Å². The predicted molar refractivity (Wildman–Crippen MR) is 90.3 cm³/mol. The quantitative estimate of drug-likeness (QED) is 0.838. The van der Waals surface area contributed by atoms with E-state index in [9.17, 15) is 4.79 Å². The van der Waals surface area contributed by atoms with E-state index in [1.54, 1.807) is 6.07 Å². The number of para-hydroxylation sites is 1. The van der Waals surface area contributed by atoms with Gasteiger partial charge in [-0.2, -0.15) is 5.10 Å². The second-order valence-electron chi connectivity index (χ2n) is 7.64. The number of rotatable bonds is 2. The molecule has 4 rings (SSSR count). The Kier molecular flexibility index (Phi) is 2.96. The van der Waals surface area contributed by atoms with E-state index < -0.39 is 0 Å². The van der Waals surface area contributed by atoms with Gasteiger partial charge in [-0.05, 0) is 42.7 Å². The molecule has 1 heterocycles. The van der Waals surface area contributed by atoms with Gasteiger partial charge in [-0.25, -0.2) is 5.43 Å². The highest BCUT2D eigenvalue weighted by molar-refractivity contribution is 5.98. The van der Waals surface area contributed by atoms with E-state index in [1.165, 1.54) is 6.42 Å². The Bertz CT molecular complexity index is 785. The van der Waals surface area contributed by atoms with Crippen molar-refractivity contribution in [3.8, 4) is 0 Å². The van der Waals surface area contributed by atoms with Gasteiger partial charge in [0.1, 0.15) is 5.58 Å². The molecule has 2 aliphatic carbocycles. The molecule has 2 saturated carbocycles. The second kappa shape index (κ2) is 4.70. The van der Waals surface area contributed by atoms with Crippen molar-refractivity contribution in [3.63, 3.8) is 0 Å². The van der Waals surface area contributed by atoms with Gasteiger partial charge in [-0.1, -0.05) is 39.0 Å². The molecule has 2 aliphatic rings. The van der Waals surface area contributed by atoms with Crippen LogP contribution in [0.15, 0.2) is 39.9 Å². The molecule has 0 spiro atoms. The maximum atomic E-state index is 12.3. The van der Waals surface area contributed by atoms with E-state index in [4.69, 9.17) is 4.42 Å². The first kappa shape index (κ1) is 14.5. The highest BCUT2D eigenvalue weighted by Crippen LogP contribution is 2.63. The van der Waals surface area contributed by atoms with Crippen molar-refractivity contribution in [3.05, 3.63) is 36.1 Å². The average molecular weight is 310 g/mol. The first-order valence-electron chi connectivity index (χ1n) is 8.28. The van der Waals surface area contributed by atoms with Crippen molar-refractivity contribution in [1.29, 1.82) is 0 Å². The van der Waals surface area contributed by atoms with E-state index in [0.717, 1.165) is 29.5 Å². The second-order valence-corrected chi connectivity index (χ2v) is 7.64. The number of fused-ring (bicyclic) bond motifs is 3. The number of amides is 1. The Morgan fingerprint density at radius 1 is 1.30 bits per heavy atom. The first-order valence-corrected chi connectivity index (χ1v) is 8.28. The normalized spacial score (nSPS) is 30.2. The zero-order valence-corrected chi connectivity index (χ0v) is 13.8. The summed E-state index contributed by atoms with van der Waals surface area (Å²) in [7, 11) is 0. The van der Waals surface area contributed by atoms with Crippen molar-refractivity contribution in [2.45, 2.75) is 40.0 Å². The molecule has 2 atom stereocenters. The molecule has 1 aromatic carbocycles. The summed E-state index contributed by atoms with van der Waals surface area (Å²) in [6, 6.07) is 9.37. The van der Waals surface area contributed by atoms with E-state index in [1.807, 2.05) is 24.3 Å². The molecule has 2 aromatic rings. The van der Waals surface area contributed by atoms with Gasteiger partial charge in [-0.3, -0.25) is 4.79 Å². The molecule has 4 heteroatoms. The SMILES string of the molecule is CC1(C)[C@H]2CC[C@]1(C)/C(=N/NC(=O)c1cc3ccccc3o1)C2. The number of nitrogens with zero attached hydrogens (tertiary/aromatic N) is 1. The topological polar surface area (TPSA) is 54.6 Å². The number of hydrogen-bond acceptors (Lipinski definition) is 3. The zero-order valence-electron chi connectivity index (χ0n) is 13.8. The molecular weight excluding hydrogens is 288 g/mol.